The van der Waals surface area contributed by atoms with Crippen LogP contribution in [0.1, 0.15) is 37.4 Å². The first kappa shape index (κ1) is 21.1. The molecule has 0 aliphatic heterocycles. The van der Waals surface area contributed by atoms with Gasteiger partial charge in [-0.15, -0.1) is 0 Å². The van der Waals surface area contributed by atoms with Crippen molar-refractivity contribution in [2.75, 3.05) is 0 Å². The van der Waals surface area contributed by atoms with Crippen molar-refractivity contribution in [2.45, 2.75) is 19.7 Å². The summed E-state index contributed by atoms with van der Waals surface area (Å²) in [5, 5.41) is 0. The highest BCUT2D eigenvalue weighted by molar-refractivity contribution is 5.97. The maximum atomic E-state index is 13.6. The van der Waals surface area contributed by atoms with Crippen LogP contribution in [0, 0.1) is 6.92 Å². The van der Waals surface area contributed by atoms with Gasteiger partial charge in [0.2, 0.25) is 0 Å². The minimum atomic E-state index is -4.83. The average Bonchev–Trinajstić information content (AvgIpc) is 2.72. The second-order valence-corrected chi connectivity index (χ2v) is 6.43. The quantitative estimate of drug-likeness (QED) is 0.298. The van der Waals surface area contributed by atoms with Gasteiger partial charge < -0.3 is 9.47 Å². The molecule has 0 fully saturated rings. The molecule has 154 valence electrons. The van der Waals surface area contributed by atoms with E-state index in [1.165, 1.54) is 12.1 Å². The molecule has 3 aromatic carbocycles. The first-order valence-electron chi connectivity index (χ1n) is 8.95. The second kappa shape index (κ2) is 8.82. The number of alkyl halides is 3. The molecule has 0 radical (unpaired) electrons. The number of benzene rings is 3. The molecule has 30 heavy (non-hydrogen) atoms. The summed E-state index contributed by atoms with van der Waals surface area (Å²) in [6.45, 7) is 1.11. The predicted molar refractivity (Wildman–Crippen MR) is 104 cm³/mol. The molecule has 0 heterocycles. The Kier molecular flexibility index (Phi) is 6.20. The van der Waals surface area contributed by atoms with Crippen LogP contribution in [0.3, 0.4) is 0 Å². The molecule has 0 aliphatic rings. The minimum absolute atomic E-state index is 0.00441. The Morgan fingerprint density at radius 3 is 2.17 bits per heavy atom. The molecule has 4 nitrogen and oxygen atoms in total. The molecule has 0 bridgehead atoms. The molecule has 0 aromatic heterocycles. The van der Waals surface area contributed by atoms with Crippen LogP contribution in [0.15, 0.2) is 66.7 Å². The Labute approximate surface area is 170 Å². The lowest BCUT2D eigenvalue weighted by Crippen LogP contribution is -2.19. The van der Waals surface area contributed by atoms with E-state index >= 15 is 0 Å². The Morgan fingerprint density at radius 1 is 1.00 bits per heavy atom. The second-order valence-electron chi connectivity index (χ2n) is 6.43. The number of rotatable bonds is 6. The molecule has 3 aromatic rings. The molecule has 0 N–H and O–H groups in total. The smallest absolute Gasteiger partial charge is 0.417 e. The molecule has 0 spiro atoms. The highest BCUT2D eigenvalue weighted by atomic mass is 19.4. The van der Waals surface area contributed by atoms with Crippen LogP contribution in [-0.4, -0.2) is 12.3 Å². The van der Waals surface area contributed by atoms with E-state index in [0.717, 1.165) is 18.6 Å². The average molecular weight is 414 g/mol. The third kappa shape index (κ3) is 4.68. The zero-order valence-corrected chi connectivity index (χ0v) is 15.9. The van der Waals surface area contributed by atoms with Crippen molar-refractivity contribution >= 4 is 12.3 Å². The first-order chi connectivity index (χ1) is 14.3. The predicted octanol–water partition coefficient (Wildman–Crippen LogP) is 5.62. The highest BCUT2D eigenvalue weighted by Gasteiger charge is 2.38. The summed E-state index contributed by atoms with van der Waals surface area (Å²) >= 11 is 0. The zero-order chi connectivity index (χ0) is 21.7. The molecule has 0 unspecified atom stereocenters. The Balaban J connectivity index is 2.07. The van der Waals surface area contributed by atoms with Crippen LogP contribution in [0.2, 0.25) is 0 Å². The van der Waals surface area contributed by atoms with Crippen LogP contribution in [0.5, 0.6) is 11.5 Å². The maximum Gasteiger partial charge on any atom is 0.417 e. The normalized spacial score (nSPS) is 11.1. The van der Waals surface area contributed by atoms with Gasteiger partial charge in [0.05, 0.1) is 5.56 Å². The molecular formula is C23H17F3O4. The number of esters is 1. The summed E-state index contributed by atoms with van der Waals surface area (Å²) in [6.07, 6.45) is -4.74. The Hall–Kier alpha value is -3.61. The van der Waals surface area contributed by atoms with Crippen molar-refractivity contribution in [3.05, 3.63) is 94.5 Å². The van der Waals surface area contributed by atoms with Crippen LogP contribution in [-0.2, 0) is 12.8 Å². The van der Waals surface area contributed by atoms with Gasteiger partial charge in [0.1, 0.15) is 23.7 Å². The van der Waals surface area contributed by atoms with Gasteiger partial charge in [0.25, 0.3) is 0 Å². The minimum Gasteiger partial charge on any atom is -0.488 e. The molecule has 0 amide bonds. The summed E-state index contributed by atoms with van der Waals surface area (Å²) in [6, 6.07) is 17.8. The van der Waals surface area contributed by atoms with E-state index in [0.29, 0.717) is 0 Å². The van der Waals surface area contributed by atoms with Crippen molar-refractivity contribution in [3.8, 4) is 11.5 Å². The maximum absolute atomic E-state index is 13.6. The molecule has 0 atom stereocenters. The van der Waals surface area contributed by atoms with E-state index in [4.69, 9.17) is 9.47 Å². The molecule has 0 saturated carbocycles. The van der Waals surface area contributed by atoms with Crippen LogP contribution < -0.4 is 9.47 Å². The van der Waals surface area contributed by atoms with Crippen LogP contribution in [0.4, 0.5) is 13.2 Å². The van der Waals surface area contributed by atoms with Crippen molar-refractivity contribution < 1.29 is 32.2 Å². The third-order valence-electron chi connectivity index (χ3n) is 4.38. The Morgan fingerprint density at radius 2 is 1.60 bits per heavy atom. The summed E-state index contributed by atoms with van der Waals surface area (Å²) in [4.78, 5) is 24.1. The zero-order valence-electron chi connectivity index (χ0n) is 15.9. The fourth-order valence-corrected chi connectivity index (χ4v) is 3.03. The van der Waals surface area contributed by atoms with Gasteiger partial charge in [-0.1, -0.05) is 48.5 Å². The SMILES string of the molecule is Cc1c(C(=O)Oc2ccccc2)c(OCc2ccccc2)cc(C=O)c1C(F)(F)F. The van der Waals surface area contributed by atoms with Gasteiger partial charge >= 0.3 is 12.1 Å². The largest absolute Gasteiger partial charge is 0.488 e. The van der Waals surface area contributed by atoms with E-state index in [1.54, 1.807) is 48.5 Å². The van der Waals surface area contributed by atoms with E-state index in [-0.39, 0.29) is 30.0 Å². The molecule has 7 heteroatoms. The molecule has 3 rings (SSSR count). The van der Waals surface area contributed by atoms with E-state index in [9.17, 15) is 22.8 Å². The van der Waals surface area contributed by atoms with Crippen molar-refractivity contribution in [2.24, 2.45) is 0 Å². The van der Waals surface area contributed by atoms with Crippen molar-refractivity contribution in [3.63, 3.8) is 0 Å². The van der Waals surface area contributed by atoms with Gasteiger partial charge in [-0.25, -0.2) is 4.79 Å². The molecule has 0 aliphatic carbocycles. The number of carbonyl (C=O) groups excluding carboxylic acids is 2. The van der Waals surface area contributed by atoms with E-state index in [2.05, 4.69) is 0 Å². The highest BCUT2D eigenvalue weighted by Crippen LogP contribution is 2.39. The third-order valence-corrected chi connectivity index (χ3v) is 4.38. The van der Waals surface area contributed by atoms with Crippen molar-refractivity contribution in [1.82, 2.24) is 0 Å². The first-order valence-corrected chi connectivity index (χ1v) is 8.95. The fraction of sp³-hybridized carbons (Fsp3) is 0.130. The van der Waals surface area contributed by atoms with Crippen LogP contribution >= 0.6 is 0 Å². The van der Waals surface area contributed by atoms with Gasteiger partial charge in [0, 0.05) is 5.56 Å². The standard InChI is InChI=1S/C23H17F3O4/c1-15-20(22(28)30-18-10-6-3-7-11-18)19(29-14-16-8-4-2-5-9-16)12-17(13-27)21(15)23(24,25)26/h2-13H,14H2,1H3. The van der Waals surface area contributed by atoms with Gasteiger partial charge in [-0.05, 0) is 36.2 Å². The number of ether oxygens (including phenoxy) is 2. The number of halogens is 3. The summed E-state index contributed by atoms with van der Waals surface area (Å²) < 4.78 is 51.7. The lowest BCUT2D eigenvalue weighted by Gasteiger charge is -2.19. The van der Waals surface area contributed by atoms with E-state index in [1.807, 2.05) is 0 Å². The van der Waals surface area contributed by atoms with Gasteiger partial charge in [0.15, 0.2) is 6.29 Å². The number of hydrogen-bond donors (Lipinski definition) is 0. The van der Waals surface area contributed by atoms with E-state index < -0.39 is 28.8 Å². The number of hydrogen-bond acceptors (Lipinski definition) is 4. The monoisotopic (exact) mass is 414 g/mol. The number of carbonyl (C=O) groups is 2. The molecular weight excluding hydrogens is 397 g/mol. The fourth-order valence-electron chi connectivity index (χ4n) is 3.03. The van der Waals surface area contributed by atoms with Crippen LogP contribution in [0.25, 0.3) is 0 Å². The van der Waals surface area contributed by atoms with Crippen molar-refractivity contribution in [1.29, 1.82) is 0 Å². The summed E-state index contributed by atoms with van der Waals surface area (Å²) in [5.41, 5.74) is -1.88. The summed E-state index contributed by atoms with van der Waals surface area (Å²) in [5.74, 6) is -0.999. The lowest BCUT2D eigenvalue weighted by atomic mass is 9.95. The summed E-state index contributed by atoms with van der Waals surface area (Å²) in [7, 11) is 0. The molecule has 0 saturated heterocycles. The lowest BCUT2D eigenvalue weighted by molar-refractivity contribution is -0.138. The Bertz CT molecular complexity index is 1050. The van der Waals surface area contributed by atoms with Gasteiger partial charge in [-0.2, -0.15) is 13.2 Å². The number of aldehydes is 1. The van der Waals surface area contributed by atoms with Gasteiger partial charge in [-0.3, -0.25) is 4.79 Å². The number of para-hydroxylation sites is 1. The topological polar surface area (TPSA) is 52.6 Å².